The summed E-state index contributed by atoms with van der Waals surface area (Å²) < 4.78 is 5.66. The molecule has 1 aliphatic carbocycles. The average molecular weight is 425 g/mol. The molecular weight excluding hydrogens is 388 g/mol. The molecule has 1 amide bonds. The van der Waals surface area contributed by atoms with E-state index in [-0.39, 0.29) is 23.6 Å². The summed E-state index contributed by atoms with van der Waals surface area (Å²) in [5, 5.41) is 8.44. The van der Waals surface area contributed by atoms with E-state index in [1.165, 1.54) is 18.2 Å². The van der Waals surface area contributed by atoms with Crippen LogP contribution in [-0.4, -0.2) is 69.7 Å². The SMILES string of the molecule is CC(C)CC(C(=O)c1nnc(SCCN(C)C(C)C)o1)N(C=O)C1CCCCC1. The Morgan fingerprint density at radius 3 is 2.48 bits per heavy atom. The molecule has 29 heavy (non-hydrogen) atoms. The first kappa shape index (κ1) is 23.9. The van der Waals surface area contributed by atoms with Gasteiger partial charge in [-0.15, -0.1) is 10.2 Å². The van der Waals surface area contributed by atoms with E-state index in [1.807, 2.05) is 0 Å². The molecule has 1 unspecified atom stereocenters. The predicted octanol–water partition coefficient (Wildman–Crippen LogP) is 3.89. The molecule has 164 valence electrons. The number of carbonyl (C=O) groups excluding carboxylic acids is 2. The van der Waals surface area contributed by atoms with Gasteiger partial charge in [-0.3, -0.25) is 9.59 Å². The van der Waals surface area contributed by atoms with Crippen molar-refractivity contribution in [2.24, 2.45) is 5.92 Å². The number of carbonyl (C=O) groups is 2. The molecule has 1 atom stereocenters. The van der Waals surface area contributed by atoms with Crippen LogP contribution in [0.25, 0.3) is 0 Å². The Morgan fingerprint density at radius 2 is 1.90 bits per heavy atom. The van der Waals surface area contributed by atoms with Gasteiger partial charge in [0.15, 0.2) is 0 Å². The highest BCUT2D eigenvalue weighted by atomic mass is 32.2. The summed E-state index contributed by atoms with van der Waals surface area (Å²) in [6, 6.07) is 0.0552. The molecule has 1 saturated carbocycles. The Labute approximate surface area is 179 Å². The fraction of sp³-hybridized carbons (Fsp3) is 0.810. The molecule has 0 bridgehead atoms. The van der Waals surface area contributed by atoms with Crippen molar-refractivity contribution in [1.82, 2.24) is 20.0 Å². The summed E-state index contributed by atoms with van der Waals surface area (Å²) in [6.07, 6.45) is 6.74. The number of aromatic nitrogens is 2. The largest absolute Gasteiger partial charge is 0.408 e. The molecule has 0 saturated heterocycles. The van der Waals surface area contributed by atoms with E-state index < -0.39 is 6.04 Å². The average Bonchev–Trinajstić information content (AvgIpc) is 3.16. The van der Waals surface area contributed by atoms with Crippen molar-refractivity contribution in [2.75, 3.05) is 19.3 Å². The van der Waals surface area contributed by atoms with Gasteiger partial charge in [-0.1, -0.05) is 44.9 Å². The molecular formula is C21H36N4O3S. The number of Topliss-reactive ketones (excluding diaryl/α,β-unsaturated/α-hetero) is 1. The fourth-order valence-electron chi connectivity index (χ4n) is 3.65. The van der Waals surface area contributed by atoms with Gasteiger partial charge in [-0.25, -0.2) is 0 Å². The van der Waals surface area contributed by atoms with Crippen molar-refractivity contribution in [3.05, 3.63) is 5.89 Å². The molecule has 2 rings (SSSR count). The highest BCUT2D eigenvalue weighted by Crippen LogP contribution is 2.27. The summed E-state index contributed by atoms with van der Waals surface area (Å²) in [5.41, 5.74) is 0. The predicted molar refractivity (Wildman–Crippen MR) is 115 cm³/mol. The van der Waals surface area contributed by atoms with Crippen LogP contribution >= 0.6 is 11.8 Å². The molecule has 0 N–H and O–H groups in total. The van der Waals surface area contributed by atoms with E-state index in [0.717, 1.165) is 44.4 Å². The van der Waals surface area contributed by atoms with Gasteiger partial charge < -0.3 is 14.2 Å². The second-order valence-corrected chi connectivity index (χ2v) is 9.70. The van der Waals surface area contributed by atoms with Gasteiger partial charge >= 0.3 is 0 Å². The number of rotatable bonds is 12. The van der Waals surface area contributed by atoms with Crippen molar-refractivity contribution < 1.29 is 14.0 Å². The molecule has 0 radical (unpaired) electrons. The summed E-state index contributed by atoms with van der Waals surface area (Å²) in [7, 11) is 2.07. The van der Waals surface area contributed by atoms with Crippen LogP contribution in [0.4, 0.5) is 0 Å². The number of thioether (sulfide) groups is 1. The quantitative estimate of drug-likeness (QED) is 0.286. The third-order valence-corrected chi connectivity index (χ3v) is 6.44. The lowest BCUT2D eigenvalue weighted by molar-refractivity contribution is -0.122. The monoisotopic (exact) mass is 424 g/mol. The Hall–Kier alpha value is -1.41. The molecule has 0 aliphatic heterocycles. The minimum Gasteiger partial charge on any atom is -0.408 e. The lowest BCUT2D eigenvalue weighted by Crippen LogP contribution is -2.48. The van der Waals surface area contributed by atoms with Gasteiger partial charge in [0.1, 0.15) is 6.04 Å². The molecule has 1 aromatic rings. The van der Waals surface area contributed by atoms with E-state index >= 15 is 0 Å². The Morgan fingerprint density at radius 1 is 1.21 bits per heavy atom. The van der Waals surface area contributed by atoms with Crippen LogP contribution in [0.2, 0.25) is 0 Å². The number of ketones is 1. The normalized spacial score (nSPS) is 16.6. The van der Waals surface area contributed by atoms with E-state index in [1.54, 1.807) is 4.90 Å². The standard InChI is InChI=1S/C21H36N4O3S/c1-15(2)13-18(25(14-26)17-9-7-6-8-10-17)19(27)20-22-23-21(28-20)29-12-11-24(5)16(3)4/h14-18H,6-13H2,1-5H3. The van der Waals surface area contributed by atoms with Crippen molar-refractivity contribution in [3.63, 3.8) is 0 Å². The Bertz CT molecular complexity index is 644. The third-order valence-electron chi connectivity index (χ3n) is 5.64. The lowest BCUT2D eigenvalue weighted by Gasteiger charge is -2.36. The maximum Gasteiger partial charge on any atom is 0.286 e. The molecule has 0 spiro atoms. The van der Waals surface area contributed by atoms with Crippen LogP contribution in [0.15, 0.2) is 9.64 Å². The zero-order valence-corrected chi connectivity index (χ0v) is 19.3. The van der Waals surface area contributed by atoms with Crippen LogP contribution in [0, 0.1) is 5.92 Å². The fourth-order valence-corrected chi connectivity index (χ4v) is 4.44. The summed E-state index contributed by atoms with van der Waals surface area (Å²) in [6.45, 7) is 9.31. The topological polar surface area (TPSA) is 79.5 Å². The minimum atomic E-state index is -0.541. The molecule has 0 aromatic carbocycles. The van der Waals surface area contributed by atoms with Crippen LogP contribution < -0.4 is 0 Å². The van der Waals surface area contributed by atoms with Gasteiger partial charge in [0.25, 0.3) is 11.1 Å². The van der Waals surface area contributed by atoms with Gasteiger partial charge in [0, 0.05) is 24.4 Å². The van der Waals surface area contributed by atoms with E-state index in [9.17, 15) is 9.59 Å². The Balaban J connectivity index is 2.06. The molecule has 1 fully saturated rings. The lowest BCUT2D eigenvalue weighted by atomic mass is 9.91. The van der Waals surface area contributed by atoms with Crippen molar-refractivity contribution in [2.45, 2.75) is 89.6 Å². The molecule has 1 heterocycles. The number of hydrogen-bond acceptors (Lipinski definition) is 7. The van der Waals surface area contributed by atoms with Gasteiger partial charge in [0.2, 0.25) is 12.2 Å². The number of amides is 1. The summed E-state index contributed by atoms with van der Waals surface area (Å²) in [5.74, 6) is 0.856. The van der Waals surface area contributed by atoms with E-state index in [4.69, 9.17) is 4.42 Å². The molecule has 1 aromatic heterocycles. The first-order valence-electron chi connectivity index (χ1n) is 10.8. The van der Waals surface area contributed by atoms with E-state index in [2.05, 4.69) is 49.8 Å². The molecule has 8 heteroatoms. The minimum absolute atomic E-state index is 0.0121. The summed E-state index contributed by atoms with van der Waals surface area (Å²) >= 11 is 1.45. The van der Waals surface area contributed by atoms with Gasteiger partial charge in [-0.05, 0) is 46.1 Å². The highest BCUT2D eigenvalue weighted by Gasteiger charge is 2.35. The van der Waals surface area contributed by atoms with Gasteiger partial charge in [-0.2, -0.15) is 0 Å². The third kappa shape index (κ3) is 7.10. The molecule has 7 nitrogen and oxygen atoms in total. The number of nitrogens with zero attached hydrogens (tertiary/aromatic N) is 4. The van der Waals surface area contributed by atoms with Crippen molar-refractivity contribution in [1.29, 1.82) is 0 Å². The van der Waals surface area contributed by atoms with Crippen LogP contribution in [0.5, 0.6) is 0 Å². The van der Waals surface area contributed by atoms with Crippen LogP contribution in [0.1, 0.15) is 76.9 Å². The maximum absolute atomic E-state index is 13.2. The highest BCUT2D eigenvalue weighted by molar-refractivity contribution is 7.99. The first-order chi connectivity index (χ1) is 13.8. The van der Waals surface area contributed by atoms with E-state index in [0.29, 0.717) is 17.7 Å². The Kier molecular flexibility index (Phi) is 9.62. The zero-order chi connectivity index (χ0) is 21.4. The van der Waals surface area contributed by atoms with Crippen LogP contribution in [-0.2, 0) is 4.79 Å². The smallest absolute Gasteiger partial charge is 0.286 e. The van der Waals surface area contributed by atoms with Crippen LogP contribution in [0.3, 0.4) is 0 Å². The van der Waals surface area contributed by atoms with Crippen molar-refractivity contribution >= 4 is 24.0 Å². The maximum atomic E-state index is 13.2. The number of hydrogen-bond donors (Lipinski definition) is 0. The van der Waals surface area contributed by atoms with Gasteiger partial charge in [0.05, 0.1) is 0 Å². The zero-order valence-electron chi connectivity index (χ0n) is 18.5. The second kappa shape index (κ2) is 11.7. The summed E-state index contributed by atoms with van der Waals surface area (Å²) in [4.78, 5) is 29.1. The molecule has 1 aliphatic rings. The first-order valence-corrected chi connectivity index (χ1v) is 11.8. The second-order valence-electron chi connectivity index (χ2n) is 8.65. The van der Waals surface area contributed by atoms with Crippen molar-refractivity contribution in [3.8, 4) is 0 Å².